The molecule has 0 saturated carbocycles. The first kappa shape index (κ1) is 30.8. The largest absolute Gasteiger partial charge is 4.00 e. The van der Waals surface area contributed by atoms with Crippen molar-refractivity contribution < 1.29 is 21.7 Å². The molecule has 0 unspecified atom stereocenters. The summed E-state index contributed by atoms with van der Waals surface area (Å²) in [6.45, 7) is 20.2. The van der Waals surface area contributed by atoms with E-state index in [4.69, 9.17) is 0 Å². The normalized spacial score (nSPS) is 8.30. The Bertz CT molecular complexity index is 219. The molecule has 3 nitrogen and oxygen atoms in total. The summed E-state index contributed by atoms with van der Waals surface area (Å²) < 4.78 is 0. The standard InChI is InChI=1S/C7H9.3C4H10N.Ti/c1-2-7-5-3-4-6-7;3*1-3-5-4-2;/h3-6H,2H2,1H3;3*3-4H2,1-2H3;/q4*-1;+4. The van der Waals surface area contributed by atoms with Gasteiger partial charge >= 0.3 is 21.7 Å². The molecule has 0 N–H and O–H groups in total. The van der Waals surface area contributed by atoms with Crippen molar-refractivity contribution in [3.8, 4) is 0 Å². The molecule has 0 spiro atoms. The predicted octanol–water partition coefficient (Wildman–Crippen LogP) is 6.17. The zero-order valence-electron chi connectivity index (χ0n) is 16.6. The van der Waals surface area contributed by atoms with Crippen LogP contribution in [0.3, 0.4) is 0 Å². The molecule has 0 aliphatic heterocycles. The van der Waals surface area contributed by atoms with Crippen molar-refractivity contribution in [3.05, 3.63) is 45.8 Å². The Morgan fingerprint density at radius 1 is 0.565 bits per heavy atom. The van der Waals surface area contributed by atoms with Gasteiger partial charge in [-0.25, -0.2) is 12.1 Å². The third kappa shape index (κ3) is 39.1. The fourth-order valence-electron chi connectivity index (χ4n) is 1.32. The smallest absolute Gasteiger partial charge is 0.663 e. The van der Waals surface area contributed by atoms with Crippen LogP contribution in [0.4, 0.5) is 0 Å². The van der Waals surface area contributed by atoms with Crippen LogP contribution in [0.5, 0.6) is 0 Å². The van der Waals surface area contributed by atoms with Crippen molar-refractivity contribution in [1.82, 2.24) is 0 Å². The Morgan fingerprint density at radius 3 is 0.913 bits per heavy atom. The van der Waals surface area contributed by atoms with Gasteiger partial charge in [0.2, 0.25) is 0 Å². The Balaban J connectivity index is -0.000000105. The average Bonchev–Trinajstić information content (AvgIpc) is 3.05. The maximum absolute atomic E-state index is 3.97. The first-order valence-electron chi connectivity index (χ1n) is 8.78. The van der Waals surface area contributed by atoms with Crippen LogP contribution in [0.1, 0.15) is 54.0 Å². The van der Waals surface area contributed by atoms with E-state index < -0.39 is 0 Å². The first-order chi connectivity index (χ1) is 10.7. The maximum atomic E-state index is 3.97. The minimum atomic E-state index is 0. The quantitative estimate of drug-likeness (QED) is 0.414. The number of nitrogens with zero attached hydrogens (tertiary/aromatic N) is 3. The van der Waals surface area contributed by atoms with Gasteiger partial charge < -0.3 is 16.0 Å². The zero-order chi connectivity index (χ0) is 17.5. The number of rotatable bonds is 7. The molecule has 4 heteroatoms. The fourth-order valence-corrected chi connectivity index (χ4v) is 1.32. The molecule has 0 radical (unpaired) electrons. The second-order valence-electron chi connectivity index (χ2n) is 4.21. The van der Waals surface area contributed by atoms with Gasteiger partial charge in [-0.15, -0.1) is 0 Å². The van der Waals surface area contributed by atoms with Crippen LogP contribution in [0.2, 0.25) is 0 Å². The molecule has 0 saturated heterocycles. The van der Waals surface area contributed by atoms with Crippen LogP contribution < -0.4 is 0 Å². The molecule has 23 heavy (non-hydrogen) atoms. The second-order valence-corrected chi connectivity index (χ2v) is 4.21. The van der Waals surface area contributed by atoms with E-state index in [2.05, 4.69) is 47.1 Å². The van der Waals surface area contributed by atoms with E-state index in [9.17, 15) is 0 Å². The van der Waals surface area contributed by atoms with Gasteiger partial charge in [0.25, 0.3) is 0 Å². The van der Waals surface area contributed by atoms with Crippen LogP contribution in [0, 0.1) is 0 Å². The Labute approximate surface area is 161 Å². The molecule has 0 heterocycles. The first-order valence-corrected chi connectivity index (χ1v) is 8.78. The van der Waals surface area contributed by atoms with Crippen LogP contribution >= 0.6 is 0 Å². The number of hydrogen-bond donors (Lipinski definition) is 0. The minimum Gasteiger partial charge on any atom is -0.663 e. The van der Waals surface area contributed by atoms with E-state index in [1.807, 2.05) is 41.5 Å². The molecule has 134 valence electrons. The molecule has 1 aromatic rings. The van der Waals surface area contributed by atoms with Crippen molar-refractivity contribution in [2.75, 3.05) is 39.3 Å². The van der Waals surface area contributed by atoms with Crippen molar-refractivity contribution >= 4 is 0 Å². The van der Waals surface area contributed by atoms with E-state index in [0.29, 0.717) is 0 Å². The van der Waals surface area contributed by atoms with Crippen molar-refractivity contribution in [1.29, 1.82) is 0 Å². The van der Waals surface area contributed by atoms with Crippen molar-refractivity contribution in [2.24, 2.45) is 0 Å². The van der Waals surface area contributed by atoms with Crippen LogP contribution in [-0.2, 0) is 28.1 Å². The third-order valence-electron chi connectivity index (χ3n) is 2.48. The predicted molar refractivity (Wildman–Crippen MR) is 105 cm³/mol. The summed E-state index contributed by atoms with van der Waals surface area (Å²) in [5.74, 6) is 0. The van der Waals surface area contributed by atoms with Gasteiger partial charge in [-0.1, -0.05) is 54.9 Å². The molecule has 0 aliphatic rings. The Hall–Kier alpha value is -0.0557. The molecular formula is C19H39N3Ti. The third-order valence-corrected chi connectivity index (χ3v) is 2.48. The molecule has 1 aromatic carbocycles. The van der Waals surface area contributed by atoms with Crippen LogP contribution in [0.15, 0.2) is 24.3 Å². The SMILES string of the molecule is CC[N-]CC.CC[N-]CC.CC[N-]CC.CC[c-]1cccc1.[Ti+4]. The molecule has 0 fully saturated rings. The minimum absolute atomic E-state index is 0. The van der Waals surface area contributed by atoms with Gasteiger partial charge in [0.15, 0.2) is 0 Å². The fraction of sp³-hybridized carbons (Fsp3) is 0.737. The Kier molecular flexibility index (Phi) is 44.9. The summed E-state index contributed by atoms with van der Waals surface area (Å²) in [5, 5.41) is 11.9. The molecule has 0 atom stereocenters. The van der Waals surface area contributed by atoms with Crippen LogP contribution in [-0.4, -0.2) is 39.3 Å². The van der Waals surface area contributed by atoms with E-state index >= 15 is 0 Å². The average molecular weight is 357 g/mol. The van der Waals surface area contributed by atoms with Gasteiger partial charge in [-0.3, -0.25) is 0 Å². The van der Waals surface area contributed by atoms with Crippen molar-refractivity contribution in [3.63, 3.8) is 0 Å². The summed E-state index contributed by atoms with van der Waals surface area (Å²) in [7, 11) is 0. The maximum Gasteiger partial charge on any atom is 4.00 e. The summed E-state index contributed by atoms with van der Waals surface area (Å²) in [5.41, 5.74) is 1.43. The monoisotopic (exact) mass is 357 g/mol. The summed E-state index contributed by atoms with van der Waals surface area (Å²) >= 11 is 0. The van der Waals surface area contributed by atoms with Gasteiger partial charge in [-0.2, -0.15) is 57.0 Å². The molecule has 0 bridgehead atoms. The molecule has 0 aliphatic carbocycles. The topological polar surface area (TPSA) is 42.3 Å². The van der Waals surface area contributed by atoms with E-state index in [1.165, 1.54) is 5.56 Å². The zero-order valence-corrected chi connectivity index (χ0v) is 18.2. The molecular weight excluding hydrogens is 318 g/mol. The van der Waals surface area contributed by atoms with Gasteiger partial charge in [-0.05, 0) is 0 Å². The number of hydrogen-bond acceptors (Lipinski definition) is 0. The van der Waals surface area contributed by atoms with E-state index in [-0.39, 0.29) is 21.7 Å². The van der Waals surface area contributed by atoms with Gasteiger partial charge in [0.05, 0.1) is 0 Å². The summed E-state index contributed by atoms with van der Waals surface area (Å²) in [6.07, 6.45) is 1.16. The second kappa shape index (κ2) is 33.5. The summed E-state index contributed by atoms with van der Waals surface area (Å²) in [6, 6.07) is 8.41. The van der Waals surface area contributed by atoms with E-state index in [1.54, 1.807) is 0 Å². The summed E-state index contributed by atoms with van der Waals surface area (Å²) in [4.78, 5) is 0. The van der Waals surface area contributed by atoms with Gasteiger partial charge in [0, 0.05) is 0 Å². The molecule has 1 rings (SSSR count). The molecule has 0 amide bonds. The molecule has 0 aromatic heterocycles. The Morgan fingerprint density at radius 2 is 0.826 bits per heavy atom. The number of aryl methyl sites for hydroxylation is 1. The van der Waals surface area contributed by atoms with Crippen LogP contribution in [0.25, 0.3) is 16.0 Å². The van der Waals surface area contributed by atoms with E-state index in [0.717, 1.165) is 45.7 Å². The van der Waals surface area contributed by atoms with Gasteiger partial charge in [0.1, 0.15) is 0 Å². The van der Waals surface area contributed by atoms with Crippen molar-refractivity contribution in [2.45, 2.75) is 54.9 Å².